The number of pyridine rings is 1. The molecule has 0 spiro atoms. The molecule has 0 aliphatic carbocycles. The molecule has 0 radical (unpaired) electrons. The molecule has 0 amide bonds. The summed E-state index contributed by atoms with van der Waals surface area (Å²) >= 11 is 0. The van der Waals surface area contributed by atoms with Gasteiger partial charge in [0.2, 0.25) is 0 Å². The van der Waals surface area contributed by atoms with Crippen LogP contribution in [0.2, 0.25) is 0 Å². The molecule has 0 saturated heterocycles. The number of rotatable bonds is 3. The van der Waals surface area contributed by atoms with E-state index >= 15 is 0 Å². The lowest BCUT2D eigenvalue weighted by molar-refractivity contribution is 0.112. The first-order chi connectivity index (χ1) is 7.83. The van der Waals surface area contributed by atoms with Crippen LogP contribution in [0.3, 0.4) is 0 Å². The molecule has 2 aromatic rings. The van der Waals surface area contributed by atoms with Crippen molar-refractivity contribution >= 4 is 6.29 Å². The molecule has 0 bridgehead atoms. The number of benzene rings is 1. The van der Waals surface area contributed by atoms with Gasteiger partial charge in [0.25, 0.3) is 0 Å². The molecule has 0 unspecified atom stereocenters. The van der Waals surface area contributed by atoms with E-state index in [1.807, 2.05) is 24.3 Å². The number of hydrogen-bond donors (Lipinski definition) is 1. The average molecular weight is 213 g/mol. The Morgan fingerprint density at radius 1 is 1.12 bits per heavy atom. The minimum atomic E-state index is -0.0692. The maximum Gasteiger partial charge on any atom is 0.150 e. The summed E-state index contributed by atoms with van der Waals surface area (Å²) in [5.41, 5.74) is 3.00. The molecule has 1 aromatic carbocycles. The van der Waals surface area contributed by atoms with Crippen LogP contribution in [-0.2, 0) is 6.61 Å². The Morgan fingerprint density at radius 3 is 2.50 bits per heavy atom. The van der Waals surface area contributed by atoms with Gasteiger partial charge in [-0.15, -0.1) is 0 Å². The zero-order valence-electron chi connectivity index (χ0n) is 8.63. The van der Waals surface area contributed by atoms with E-state index in [2.05, 4.69) is 4.98 Å². The van der Waals surface area contributed by atoms with Crippen molar-refractivity contribution in [2.75, 3.05) is 0 Å². The third-order valence-electron chi connectivity index (χ3n) is 2.31. The largest absolute Gasteiger partial charge is 0.390 e. The van der Waals surface area contributed by atoms with Gasteiger partial charge >= 0.3 is 0 Å². The number of carbonyl (C=O) groups excluding carboxylic acids is 1. The number of aliphatic hydroxyl groups excluding tert-OH is 1. The fourth-order valence-corrected chi connectivity index (χ4v) is 1.46. The van der Waals surface area contributed by atoms with Crippen LogP contribution in [0.5, 0.6) is 0 Å². The van der Waals surface area contributed by atoms with Gasteiger partial charge in [0.05, 0.1) is 18.0 Å². The van der Waals surface area contributed by atoms with Crippen molar-refractivity contribution in [1.82, 2.24) is 4.98 Å². The van der Waals surface area contributed by atoms with Gasteiger partial charge in [-0.25, -0.2) is 0 Å². The molecule has 0 saturated carbocycles. The van der Waals surface area contributed by atoms with Crippen molar-refractivity contribution in [3.8, 4) is 11.3 Å². The minimum absolute atomic E-state index is 0.0692. The molecule has 3 nitrogen and oxygen atoms in total. The summed E-state index contributed by atoms with van der Waals surface area (Å²) < 4.78 is 0. The molecule has 0 aliphatic heterocycles. The molecule has 0 aliphatic rings. The predicted molar refractivity (Wildman–Crippen MR) is 61.0 cm³/mol. The van der Waals surface area contributed by atoms with E-state index in [1.165, 1.54) is 0 Å². The van der Waals surface area contributed by atoms with Crippen LogP contribution in [0.25, 0.3) is 11.3 Å². The van der Waals surface area contributed by atoms with Gasteiger partial charge < -0.3 is 5.11 Å². The molecule has 0 atom stereocenters. The molecule has 1 aromatic heterocycles. The lowest BCUT2D eigenvalue weighted by Gasteiger charge is -2.02. The SMILES string of the molecule is O=Cc1ccc(-c2cccc(CO)n2)cc1. The van der Waals surface area contributed by atoms with Crippen LogP contribution in [0, 0.1) is 0 Å². The monoisotopic (exact) mass is 213 g/mol. The van der Waals surface area contributed by atoms with Gasteiger partial charge in [-0.2, -0.15) is 0 Å². The zero-order valence-corrected chi connectivity index (χ0v) is 8.63. The zero-order chi connectivity index (χ0) is 11.4. The lowest BCUT2D eigenvalue weighted by Crippen LogP contribution is -1.91. The standard InChI is InChI=1S/C13H11NO2/c15-8-10-4-6-11(7-5-10)13-3-1-2-12(9-16)14-13/h1-8,16H,9H2. The summed E-state index contributed by atoms with van der Waals surface area (Å²) in [7, 11) is 0. The Kier molecular flexibility index (Phi) is 3.08. The van der Waals surface area contributed by atoms with Gasteiger partial charge in [0.1, 0.15) is 6.29 Å². The number of aromatic nitrogens is 1. The molecular weight excluding hydrogens is 202 g/mol. The summed E-state index contributed by atoms with van der Waals surface area (Å²) in [5.74, 6) is 0. The van der Waals surface area contributed by atoms with Gasteiger partial charge in [-0.05, 0) is 12.1 Å². The van der Waals surface area contributed by atoms with Crippen molar-refractivity contribution in [2.45, 2.75) is 6.61 Å². The smallest absolute Gasteiger partial charge is 0.150 e. The van der Waals surface area contributed by atoms with Crippen LogP contribution in [0.15, 0.2) is 42.5 Å². The number of aldehydes is 1. The normalized spacial score (nSPS) is 10.1. The highest BCUT2D eigenvalue weighted by molar-refractivity contribution is 5.76. The maximum atomic E-state index is 10.5. The van der Waals surface area contributed by atoms with Crippen LogP contribution in [-0.4, -0.2) is 16.4 Å². The second-order valence-electron chi connectivity index (χ2n) is 3.41. The van der Waals surface area contributed by atoms with E-state index in [4.69, 9.17) is 5.11 Å². The van der Waals surface area contributed by atoms with Crippen molar-refractivity contribution in [3.63, 3.8) is 0 Å². The van der Waals surface area contributed by atoms with Crippen molar-refractivity contribution < 1.29 is 9.90 Å². The number of carbonyl (C=O) groups is 1. The average Bonchev–Trinajstić information content (AvgIpc) is 2.39. The van der Waals surface area contributed by atoms with E-state index in [1.54, 1.807) is 18.2 Å². The van der Waals surface area contributed by atoms with E-state index in [0.29, 0.717) is 11.3 Å². The van der Waals surface area contributed by atoms with E-state index < -0.39 is 0 Å². The molecule has 3 heteroatoms. The molecule has 80 valence electrons. The Bertz CT molecular complexity index is 492. The van der Waals surface area contributed by atoms with Crippen molar-refractivity contribution in [1.29, 1.82) is 0 Å². The van der Waals surface area contributed by atoms with E-state index in [-0.39, 0.29) is 6.61 Å². The first-order valence-corrected chi connectivity index (χ1v) is 4.96. The van der Waals surface area contributed by atoms with E-state index in [9.17, 15) is 4.79 Å². The predicted octanol–water partition coefficient (Wildman–Crippen LogP) is 2.05. The Labute approximate surface area is 93.4 Å². The summed E-state index contributed by atoms with van der Waals surface area (Å²) in [6, 6.07) is 12.7. The van der Waals surface area contributed by atoms with Gasteiger partial charge in [0, 0.05) is 11.1 Å². The van der Waals surface area contributed by atoms with E-state index in [0.717, 1.165) is 17.5 Å². The molecular formula is C13H11NO2. The fraction of sp³-hybridized carbons (Fsp3) is 0.0769. The summed E-state index contributed by atoms with van der Waals surface area (Å²) in [6.07, 6.45) is 0.807. The van der Waals surface area contributed by atoms with Gasteiger partial charge in [-0.1, -0.05) is 30.3 Å². The highest BCUT2D eigenvalue weighted by Crippen LogP contribution is 2.17. The number of aliphatic hydroxyl groups is 1. The van der Waals surface area contributed by atoms with Gasteiger partial charge in [0.15, 0.2) is 0 Å². The first kappa shape index (κ1) is 10.5. The van der Waals surface area contributed by atoms with Crippen LogP contribution >= 0.6 is 0 Å². The number of nitrogens with zero attached hydrogens (tertiary/aromatic N) is 1. The first-order valence-electron chi connectivity index (χ1n) is 4.96. The quantitative estimate of drug-likeness (QED) is 0.794. The molecule has 1 heterocycles. The highest BCUT2D eigenvalue weighted by Gasteiger charge is 2.00. The molecule has 16 heavy (non-hydrogen) atoms. The van der Waals surface area contributed by atoms with Crippen LogP contribution < -0.4 is 0 Å². The Balaban J connectivity index is 2.38. The second-order valence-corrected chi connectivity index (χ2v) is 3.41. The molecule has 2 rings (SSSR count). The Morgan fingerprint density at radius 2 is 1.88 bits per heavy atom. The van der Waals surface area contributed by atoms with Gasteiger partial charge in [-0.3, -0.25) is 9.78 Å². The Hall–Kier alpha value is -2.00. The molecule has 1 N–H and O–H groups in total. The van der Waals surface area contributed by atoms with Crippen molar-refractivity contribution in [3.05, 3.63) is 53.7 Å². The third-order valence-corrected chi connectivity index (χ3v) is 2.31. The summed E-state index contributed by atoms with van der Waals surface area (Å²) in [6.45, 7) is -0.0692. The number of hydrogen-bond acceptors (Lipinski definition) is 3. The lowest BCUT2D eigenvalue weighted by atomic mass is 10.1. The summed E-state index contributed by atoms with van der Waals surface area (Å²) in [4.78, 5) is 14.8. The van der Waals surface area contributed by atoms with Crippen LogP contribution in [0.1, 0.15) is 16.1 Å². The third kappa shape index (κ3) is 2.15. The fourth-order valence-electron chi connectivity index (χ4n) is 1.46. The minimum Gasteiger partial charge on any atom is -0.390 e. The highest BCUT2D eigenvalue weighted by atomic mass is 16.3. The van der Waals surface area contributed by atoms with Crippen molar-refractivity contribution in [2.24, 2.45) is 0 Å². The summed E-state index contributed by atoms with van der Waals surface area (Å²) in [5, 5.41) is 8.98. The second kappa shape index (κ2) is 4.68. The topological polar surface area (TPSA) is 50.2 Å². The van der Waals surface area contributed by atoms with Crippen LogP contribution in [0.4, 0.5) is 0 Å². The maximum absolute atomic E-state index is 10.5. The molecule has 0 fully saturated rings.